The molecule has 0 aromatic heterocycles. The average Bonchev–Trinajstić information content (AvgIpc) is 2.89. The van der Waals surface area contributed by atoms with Crippen molar-refractivity contribution in [3.05, 3.63) is 22.7 Å². The van der Waals surface area contributed by atoms with Gasteiger partial charge in [0, 0.05) is 24.2 Å². The molecule has 0 bridgehead atoms. The molecule has 0 radical (unpaired) electrons. The van der Waals surface area contributed by atoms with E-state index < -0.39 is 5.60 Å². The van der Waals surface area contributed by atoms with Gasteiger partial charge in [0.15, 0.2) is 11.5 Å². The van der Waals surface area contributed by atoms with Crippen LogP contribution in [0.25, 0.3) is 0 Å². The van der Waals surface area contributed by atoms with Gasteiger partial charge in [-0.3, -0.25) is 4.79 Å². The lowest BCUT2D eigenvalue weighted by Crippen LogP contribution is -2.43. The molecule has 0 spiro atoms. The first-order valence-corrected chi connectivity index (χ1v) is 8.47. The van der Waals surface area contributed by atoms with Crippen LogP contribution in [0.2, 0.25) is 5.02 Å². The number of amides is 1. The first kappa shape index (κ1) is 17.3. The van der Waals surface area contributed by atoms with E-state index in [0.717, 1.165) is 0 Å². The third-order valence-electron chi connectivity index (χ3n) is 4.35. The fraction of sp³-hybridized carbons (Fsp3) is 0.588. The van der Waals surface area contributed by atoms with Gasteiger partial charge in [-0.05, 0) is 32.1 Å². The summed E-state index contributed by atoms with van der Waals surface area (Å²) in [5, 5.41) is 11.1. The van der Waals surface area contributed by atoms with Crippen molar-refractivity contribution in [1.82, 2.24) is 9.80 Å². The lowest BCUT2D eigenvalue weighted by atomic mass is 10.0. The van der Waals surface area contributed by atoms with Crippen molar-refractivity contribution >= 4 is 17.5 Å². The molecular weight excluding hydrogens is 332 g/mol. The molecule has 7 heteroatoms. The first-order valence-electron chi connectivity index (χ1n) is 8.09. The summed E-state index contributed by atoms with van der Waals surface area (Å²) in [7, 11) is 3.83. The maximum absolute atomic E-state index is 12.6. The highest BCUT2D eigenvalue weighted by Gasteiger charge is 2.38. The number of benzene rings is 1. The highest BCUT2D eigenvalue weighted by molar-refractivity contribution is 6.31. The molecular formula is C17H23ClN2O4. The number of carbonyl (C=O) groups is 1. The van der Waals surface area contributed by atoms with Gasteiger partial charge in [0.25, 0.3) is 0 Å². The molecule has 1 saturated heterocycles. The zero-order valence-corrected chi connectivity index (χ0v) is 14.8. The molecule has 1 aromatic carbocycles. The minimum absolute atomic E-state index is 0.0386. The molecule has 0 aliphatic carbocycles. The number of ether oxygens (including phenoxy) is 2. The molecule has 1 amide bonds. The molecule has 0 saturated carbocycles. The minimum Gasteiger partial charge on any atom is -0.486 e. The molecule has 2 aliphatic rings. The normalized spacial score (nSPS) is 23.0. The molecule has 1 N–H and O–H groups in total. The number of fused-ring (bicyclic) bond motifs is 1. The Hall–Kier alpha value is -1.50. The van der Waals surface area contributed by atoms with Gasteiger partial charge in [-0.1, -0.05) is 11.6 Å². The summed E-state index contributed by atoms with van der Waals surface area (Å²) in [6.45, 7) is 2.45. The Balaban J connectivity index is 1.67. The van der Waals surface area contributed by atoms with Crippen molar-refractivity contribution in [2.45, 2.75) is 18.4 Å². The SMILES string of the molecule is CN(C)CC1(O)CCN(C(=O)Cc2cc3c(cc2Cl)OCCO3)C1. The van der Waals surface area contributed by atoms with Gasteiger partial charge in [0.2, 0.25) is 5.91 Å². The summed E-state index contributed by atoms with van der Waals surface area (Å²) in [5.74, 6) is 1.20. The number of hydrogen-bond acceptors (Lipinski definition) is 5. The van der Waals surface area contributed by atoms with Gasteiger partial charge in [-0.2, -0.15) is 0 Å². The van der Waals surface area contributed by atoms with Crippen LogP contribution in [0.5, 0.6) is 11.5 Å². The van der Waals surface area contributed by atoms with Crippen LogP contribution >= 0.6 is 11.6 Å². The third-order valence-corrected chi connectivity index (χ3v) is 4.70. The zero-order valence-electron chi connectivity index (χ0n) is 14.0. The van der Waals surface area contributed by atoms with Crippen LogP contribution in [0.1, 0.15) is 12.0 Å². The Labute approximate surface area is 146 Å². The number of likely N-dealkylation sites (tertiary alicyclic amines) is 1. The number of hydrogen-bond donors (Lipinski definition) is 1. The molecule has 1 fully saturated rings. The Kier molecular flexibility index (Phi) is 4.90. The monoisotopic (exact) mass is 354 g/mol. The lowest BCUT2D eigenvalue weighted by molar-refractivity contribution is -0.130. The van der Waals surface area contributed by atoms with Crippen LogP contribution < -0.4 is 9.47 Å². The highest BCUT2D eigenvalue weighted by Crippen LogP contribution is 2.36. The van der Waals surface area contributed by atoms with Crippen LogP contribution in [-0.4, -0.2) is 73.4 Å². The second kappa shape index (κ2) is 6.78. The fourth-order valence-electron chi connectivity index (χ4n) is 3.30. The number of likely N-dealkylation sites (N-methyl/N-ethyl adjacent to an activating group) is 1. The Morgan fingerprint density at radius 1 is 1.33 bits per heavy atom. The largest absolute Gasteiger partial charge is 0.486 e. The Morgan fingerprint density at radius 3 is 2.67 bits per heavy atom. The number of aliphatic hydroxyl groups is 1. The number of carbonyl (C=O) groups excluding carboxylic acids is 1. The van der Waals surface area contributed by atoms with E-state index in [1.807, 2.05) is 19.0 Å². The van der Waals surface area contributed by atoms with Crippen LogP contribution in [0, 0.1) is 0 Å². The van der Waals surface area contributed by atoms with Gasteiger partial charge in [-0.15, -0.1) is 0 Å². The quantitative estimate of drug-likeness (QED) is 0.879. The van der Waals surface area contributed by atoms with Crippen molar-refractivity contribution in [3.63, 3.8) is 0 Å². The van der Waals surface area contributed by atoms with Crippen molar-refractivity contribution in [1.29, 1.82) is 0 Å². The zero-order chi connectivity index (χ0) is 17.3. The van der Waals surface area contributed by atoms with Crippen molar-refractivity contribution in [2.24, 2.45) is 0 Å². The fourth-order valence-corrected chi connectivity index (χ4v) is 3.52. The first-order chi connectivity index (χ1) is 11.4. The summed E-state index contributed by atoms with van der Waals surface area (Å²) in [6, 6.07) is 3.47. The van der Waals surface area contributed by atoms with E-state index in [1.54, 1.807) is 17.0 Å². The maximum Gasteiger partial charge on any atom is 0.227 e. The summed E-state index contributed by atoms with van der Waals surface area (Å²) < 4.78 is 11.0. The maximum atomic E-state index is 12.6. The lowest BCUT2D eigenvalue weighted by Gasteiger charge is -2.26. The predicted octanol–water partition coefficient (Wildman–Crippen LogP) is 1.18. The minimum atomic E-state index is -0.838. The van der Waals surface area contributed by atoms with E-state index in [2.05, 4.69) is 0 Å². The molecule has 2 aliphatic heterocycles. The number of nitrogens with zero attached hydrogens (tertiary/aromatic N) is 2. The van der Waals surface area contributed by atoms with Crippen LogP contribution in [0.15, 0.2) is 12.1 Å². The topological polar surface area (TPSA) is 62.2 Å². The van der Waals surface area contributed by atoms with E-state index in [0.29, 0.717) is 61.4 Å². The van der Waals surface area contributed by atoms with E-state index in [4.69, 9.17) is 21.1 Å². The van der Waals surface area contributed by atoms with Crippen molar-refractivity contribution < 1.29 is 19.4 Å². The highest BCUT2D eigenvalue weighted by atomic mass is 35.5. The van der Waals surface area contributed by atoms with Gasteiger partial charge in [-0.25, -0.2) is 0 Å². The van der Waals surface area contributed by atoms with E-state index >= 15 is 0 Å². The molecule has 132 valence electrons. The van der Waals surface area contributed by atoms with Crippen molar-refractivity contribution in [2.75, 3.05) is 46.9 Å². The van der Waals surface area contributed by atoms with Gasteiger partial charge >= 0.3 is 0 Å². The summed E-state index contributed by atoms with van der Waals surface area (Å²) in [4.78, 5) is 16.2. The molecule has 1 atom stereocenters. The van der Waals surface area contributed by atoms with Crippen LogP contribution in [-0.2, 0) is 11.2 Å². The van der Waals surface area contributed by atoms with E-state index in [-0.39, 0.29) is 12.3 Å². The number of halogens is 1. The van der Waals surface area contributed by atoms with Gasteiger partial charge in [0.1, 0.15) is 13.2 Å². The Morgan fingerprint density at radius 2 is 2.00 bits per heavy atom. The molecule has 2 heterocycles. The summed E-state index contributed by atoms with van der Waals surface area (Å²) in [5.41, 5.74) is -0.121. The van der Waals surface area contributed by atoms with E-state index in [1.165, 1.54) is 0 Å². The van der Waals surface area contributed by atoms with Crippen LogP contribution in [0.3, 0.4) is 0 Å². The van der Waals surface area contributed by atoms with Gasteiger partial charge in [0.05, 0.1) is 18.6 Å². The number of rotatable bonds is 4. The van der Waals surface area contributed by atoms with Gasteiger partial charge < -0.3 is 24.4 Å². The van der Waals surface area contributed by atoms with E-state index in [9.17, 15) is 9.90 Å². The molecule has 6 nitrogen and oxygen atoms in total. The molecule has 24 heavy (non-hydrogen) atoms. The molecule has 1 unspecified atom stereocenters. The Bertz CT molecular complexity index is 637. The predicted molar refractivity (Wildman–Crippen MR) is 90.8 cm³/mol. The third kappa shape index (κ3) is 3.77. The van der Waals surface area contributed by atoms with Crippen LogP contribution in [0.4, 0.5) is 0 Å². The van der Waals surface area contributed by atoms with Crippen molar-refractivity contribution in [3.8, 4) is 11.5 Å². The number of β-amino-alcohol motifs (C(OH)–C–C–N with tert-alkyl or cyclic N) is 1. The standard InChI is InChI=1S/C17H23ClN2O4/c1-19(2)10-17(22)3-4-20(11-17)16(21)8-12-7-14-15(9-13(12)18)24-6-5-23-14/h7,9,22H,3-6,8,10-11H2,1-2H3. The second-order valence-electron chi connectivity index (χ2n) is 6.79. The molecule has 3 rings (SSSR count). The summed E-state index contributed by atoms with van der Waals surface area (Å²) >= 11 is 6.27. The molecule has 1 aromatic rings. The second-order valence-corrected chi connectivity index (χ2v) is 7.20. The summed E-state index contributed by atoms with van der Waals surface area (Å²) in [6.07, 6.45) is 0.777. The smallest absolute Gasteiger partial charge is 0.227 e. The average molecular weight is 355 g/mol.